The summed E-state index contributed by atoms with van der Waals surface area (Å²) in [5.41, 5.74) is 0. The minimum Gasteiger partial charge on any atom is -0.396 e. The number of nitrogens with zero attached hydrogens (tertiary/aromatic N) is 1. The van der Waals surface area contributed by atoms with Crippen LogP contribution in [0.25, 0.3) is 0 Å². The highest BCUT2D eigenvalue weighted by Crippen LogP contribution is 2.32. The van der Waals surface area contributed by atoms with E-state index >= 15 is 0 Å². The van der Waals surface area contributed by atoms with Crippen molar-refractivity contribution in [2.45, 2.75) is 31.7 Å². The highest BCUT2D eigenvalue weighted by Gasteiger charge is 2.33. The van der Waals surface area contributed by atoms with Gasteiger partial charge in [-0.2, -0.15) is 0 Å². The van der Waals surface area contributed by atoms with Gasteiger partial charge in [0.2, 0.25) is 0 Å². The first-order chi connectivity index (χ1) is 5.40. The molecule has 2 nitrogen and oxygen atoms in total. The van der Waals surface area contributed by atoms with Gasteiger partial charge in [-0.1, -0.05) is 0 Å². The number of hydrogen-bond acceptors (Lipinski definition) is 2. The van der Waals surface area contributed by atoms with E-state index in [0.29, 0.717) is 12.5 Å². The Kier molecular flexibility index (Phi) is 2.14. The second-order valence-corrected chi connectivity index (χ2v) is 3.92. The van der Waals surface area contributed by atoms with Crippen molar-refractivity contribution in [2.24, 2.45) is 5.92 Å². The van der Waals surface area contributed by atoms with Crippen molar-refractivity contribution < 1.29 is 5.11 Å². The molecule has 0 aromatic carbocycles. The SMILES string of the molecule is OCC1CC(N2CCCC2)C1. The van der Waals surface area contributed by atoms with Crippen LogP contribution in [0.15, 0.2) is 0 Å². The van der Waals surface area contributed by atoms with E-state index in [1.807, 2.05) is 0 Å². The van der Waals surface area contributed by atoms with Crippen LogP contribution in [0.5, 0.6) is 0 Å². The van der Waals surface area contributed by atoms with Crippen molar-refractivity contribution in [1.29, 1.82) is 0 Å². The van der Waals surface area contributed by atoms with E-state index in [4.69, 9.17) is 5.11 Å². The standard InChI is InChI=1S/C9H17NO/c11-7-8-5-9(6-8)10-3-1-2-4-10/h8-9,11H,1-7H2. The van der Waals surface area contributed by atoms with Crippen molar-refractivity contribution in [3.8, 4) is 0 Å². The average molecular weight is 155 g/mol. The monoisotopic (exact) mass is 155 g/mol. The summed E-state index contributed by atoms with van der Waals surface area (Å²) < 4.78 is 0. The highest BCUT2D eigenvalue weighted by molar-refractivity contribution is 4.88. The fourth-order valence-electron chi connectivity index (χ4n) is 2.25. The molecule has 1 aliphatic heterocycles. The van der Waals surface area contributed by atoms with E-state index in [-0.39, 0.29) is 0 Å². The summed E-state index contributed by atoms with van der Waals surface area (Å²) in [6.07, 6.45) is 5.27. The molecule has 1 N–H and O–H groups in total. The molecule has 0 atom stereocenters. The lowest BCUT2D eigenvalue weighted by atomic mass is 9.80. The molecule has 2 rings (SSSR count). The zero-order valence-electron chi connectivity index (χ0n) is 7.00. The Morgan fingerprint density at radius 3 is 2.36 bits per heavy atom. The third-order valence-electron chi connectivity index (χ3n) is 3.13. The molecule has 0 aromatic heterocycles. The Labute approximate surface area is 68.2 Å². The summed E-state index contributed by atoms with van der Waals surface area (Å²) in [6.45, 7) is 3.02. The normalized spacial score (nSPS) is 39.0. The maximum absolute atomic E-state index is 8.83. The predicted octanol–water partition coefficient (Wildman–Crippen LogP) is 0.853. The molecule has 64 valence electrons. The lowest BCUT2D eigenvalue weighted by Gasteiger charge is -2.40. The smallest absolute Gasteiger partial charge is 0.0460 e. The van der Waals surface area contributed by atoms with Crippen LogP contribution in [0.4, 0.5) is 0 Å². The fourth-order valence-corrected chi connectivity index (χ4v) is 2.25. The summed E-state index contributed by atoms with van der Waals surface area (Å²) in [5.74, 6) is 0.626. The molecule has 1 saturated heterocycles. The quantitative estimate of drug-likeness (QED) is 0.639. The van der Waals surface area contributed by atoms with E-state index in [9.17, 15) is 0 Å². The number of aliphatic hydroxyl groups excluding tert-OH is 1. The van der Waals surface area contributed by atoms with Gasteiger partial charge in [-0.25, -0.2) is 0 Å². The van der Waals surface area contributed by atoms with Crippen LogP contribution in [0.3, 0.4) is 0 Å². The lowest BCUT2D eigenvalue weighted by Crippen LogP contribution is -2.44. The van der Waals surface area contributed by atoms with Crippen molar-refractivity contribution in [2.75, 3.05) is 19.7 Å². The van der Waals surface area contributed by atoms with Gasteiger partial charge in [0.25, 0.3) is 0 Å². The predicted molar refractivity (Wildman–Crippen MR) is 44.4 cm³/mol. The third-order valence-corrected chi connectivity index (χ3v) is 3.13. The topological polar surface area (TPSA) is 23.5 Å². The summed E-state index contributed by atoms with van der Waals surface area (Å²) in [4.78, 5) is 2.59. The molecule has 0 unspecified atom stereocenters. The molecular weight excluding hydrogens is 138 g/mol. The van der Waals surface area contributed by atoms with Crippen LogP contribution in [-0.4, -0.2) is 35.7 Å². The van der Waals surface area contributed by atoms with Crippen molar-refractivity contribution in [3.05, 3.63) is 0 Å². The van der Waals surface area contributed by atoms with Gasteiger partial charge in [0, 0.05) is 12.6 Å². The molecule has 0 bridgehead atoms. The van der Waals surface area contributed by atoms with Crippen LogP contribution in [-0.2, 0) is 0 Å². The zero-order valence-corrected chi connectivity index (χ0v) is 7.00. The Hall–Kier alpha value is -0.0800. The summed E-state index contributed by atoms with van der Waals surface area (Å²) >= 11 is 0. The van der Waals surface area contributed by atoms with Crippen molar-refractivity contribution in [1.82, 2.24) is 4.90 Å². The molecule has 2 heteroatoms. The van der Waals surface area contributed by atoms with Crippen LogP contribution in [0.1, 0.15) is 25.7 Å². The second kappa shape index (κ2) is 3.11. The van der Waals surface area contributed by atoms with E-state index in [1.54, 1.807) is 0 Å². The van der Waals surface area contributed by atoms with E-state index < -0.39 is 0 Å². The molecular formula is C9H17NO. The van der Waals surface area contributed by atoms with Gasteiger partial charge in [-0.3, -0.25) is 0 Å². The van der Waals surface area contributed by atoms with Gasteiger partial charge in [-0.15, -0.1) is 0 Å². The fraction of sp³-hybridized carbons (Fsp3) is 1.00. The number of hydrogen-bond donors (Lipinski definition) is 1. The van der Waals surface area contributed by atoms with Crippen LogP contribution in [0, 0.1) is 5.92 Å². The Bertz CT molecular complexity index is 126. The molecule has 2 fully saturated rings. The first kappa shape index (κ1) is 7.56. The van der Waals surface area contributed by atoms with E-state index in [0.717, 1.165) is 6.04 Å². The van der Waals surface area contributed by atoms with Gasteiger partial charge in [0.1, 0.15) is 0 Å². The molecule has 0 spiro atoms. The molecule has 1 saturated carbocycles. The first-order valence-corrected chi connectivity index (χ1v) is 4.75. The Morgan fingerprint density at radius 2 is 1.82 bits per heavy atom. The van der Waals surface area contributed by atoms with Crippen LogP contribution < -0.4 is 0 Å². The molecule has 1 aliphatic carbocycles. The van der Waals surface area contributed by atoms with E-state index in [1.165, 1.54) is 38.8 Å². The Balaban J connectivity index is 1.73. The molecule has 0 radical (unpaired) electrons. The van der Waals surface area contributed by atoms with Gasteiger partial charge in [0.05, 0.1) is 0 Å². The van der Waals surface area contributed by atoms with Crippen LogP contribution >= 0.6 is 0 Å². The third kappa shape index (κ3) is 1.42. The minimum atomic E-state index is 0.407. The molecule has 2 aliphatic rings. The van der Waals surface area contributed by atoms with Gasteiger partial charge < -0.3 is 10.0 Å². The molecule has 11 heavy (non-hydrogen) atoms. The van der Waals surface area contributed by atoms with Gasteiger partial charge in [0.15, 0.2) is 0 Å². The highest BCUT2D eigenvalue weighted by atomic mass is 16.3. The number of aliphatic hydroxyl groups is 1. The Morgan fingerprint density at radius 1 is 1.18 bits per heavy atom. The zero-order chi connectivity index (χ0) is 7.68. The average Bonchev–Trinajstić information content (AvgIpc) is 2.37. The molecule has 0 aromatic rings. The first-order valence-electron chi connectivity index (χ1n) is 4.75. The maximum atomic E-state index is 8.83. The van der Waals surface area contributed by atoms with Gasteiger partial charge >= 0.3 is 0 Å². The number of likely N-dealkylation sites (tertiary alicyclic amines) is 1. The minimum absolute atomic E-state index is 0.407. The van der Waals surface area contributed by atoms with E-state index in [2.05, 4.69) is 4.90 Å². The second-order valence-electron chi connectivity index (χ2n) is 3.92. The molecule has 0 amide bonds. The molecule has 1 heterocycles. The van der Waals surface area contributed by atoms with Gasteiger partial charge in [-0.05, 0) is 44.7 Å². The number of rotatable bonds is 2. The summed E-state index contributed by atoms with van der Waals surface area (Å²) in [7, 11) is 0. The summed E-state index contributed by atoms with van der Waals surface area (Å²) in [6, 6.07) is 0.828. The van der Waals surface area contributed by atoms with Crippen LogP contribution in [0.2, 0.25) is 0 Å². The largest absolute Gasteiger partial charge is 0.396 e. The summed E-state index contributed by atoms with van der Waals surface area (Å²) in [5, 5.41) is 8.83. The maximum Gasteiger partial charge on any atom is 0.0460 e. The lowest BCUT2D eigenvalue weighted by molar-refractivity contribution is 0.0595. The van der Waals surface area contributed by atoms with Crippen molar-refractivity contribution >= 4 is 0 Å². The van der Waals surface area contributed by atoms with Crippen molar-refractivity contribution in [3.63, 3.8) is 0 Å².